The molecule has 7 heteroatoms. The number of hydrogen-bond donors (Lipinski definition) is 2. The number of carboxylic acids is 1. The highest BCUT2D eigenvalue weighted by atomic mass is 32.2. The Bertz CT molecular complexity index is 706. The van der Waals surface area contributed by atoms with E-state index in [-0.39, 0.29) is 29.4 Å². The molecule has 1 saturated carbocycles. The molecule has 2 N–H and O–H groups in total. The van der Waals surface area contributed by atoms with Crippen molar-refractivity contribution in [3.63, 3.8) is 0 Å². The molecule has 0 bridgehead atoms. The maximum absolute atomic E-state index is 12.7. The molecule has 3 atom stereocenters. The largest absolute Gasteiger partial charge is 0.480 e. The van der Waals surface area contributed by atoms with Gasteiger partial charge in [0.2, 0.25) is 11.8 Å². The maximum atomic E-state index is 12.7. The number of carbonyl (C=O) groups is 3. The lowest BCUT2D eigenvalue weighted by atomic mass is 9.85. The van der Waals surface area contributed by atoms with E-state index in [9.17, 15) is 19.5 Å². The Morgan fingerprint density at radius 3 is 2.56 bits per heavy atom. The van der Waals surface area contributed by atoms with E-state index in [0.29, 0.717) is 12.3 Å². The average molecular weight is 391 g/mol. The van der Waals surface area contributed by atoms with Crippen molar-refractivity contribution in [1.29, 1.82) is 0 Å². The van der Waals surface area contributed by atoms with Crippen LogP contribution in [0, 0.1) is 12.8 Å². The number of hydrogen-bond acceptors (Lipinski definition) is 4. The van der Waals surface area contributed by atoms with Gasteiger partial charge in [-0.15, -0.1) is 11.8 Å². The van der Waals surface area contributed by atoms with Gasteiger partial charge in [0.1, 0.15) is 6.04 Å². The zero-order chi connectivity index (χ0) is 19.4. The van der Waals surface area contributed by atoms with Crippen LogP contribution in [-0.4, -0.2) is 51.4 Å². The third kappa shape index (κ3) is 4.83. The van der Waals surface area contributed by atoms with Crippen LogP contribution in [0.15, 0.2) is 24.3 Å². The van der Waals surface area contributed by atoms with Gasteiger partial charge in [-0.2, -0.15) is 0 Å². The van der Waals surface area contributed by atoms with Crippen molar-refractivity contribution in [2.45, 2.75) is 51.1 Å². The Hall–Kier alpha value is -2.02. The number of rotatable bonds is 6. The van der Waals surface area contributed by atoms with Crippen LogP contribution in [0.4, 0.5) is 5.69 Å². The lowest BCUT2D eigenvalue weighted by Gasteiger charge is -2.33. The quantitative estimate of drug-likeness (QED) is 0.780. The van der Waals surface area contributed by atoms with Gasteiger partial charge in [-0.1, -0.05) is 30.5 Å². The molecule has 2 aliphatic rings. The summed E-state index contributed by atoms with van der Waals surface area (Å²) in [5.74, 6) is -0.639. The Balaban J connectivity index is 1.51. The molecule has 1 aromatic carbocycles. The second-order valence-corrected chi connectivity index (χ2v) is 8.40. The highest BCUT2D eigenvalue weighted by Gasteiger charge is 2.47. The summed E-state index contributed by atoms with van der Waals surface area (Å²) in [6.07, 6.45) is 4.61. The Morgan fingerprint density at radius 2 is 1.85 bits per heavy atom. The first-order valence-electron chi connectivity index (χ1n) is 9.44. The number of nitrogens with zero attached hydrogens (tertiary/aromatic N) is 1. The number of carbonyl (C=O) groups excluding carboxylic acids is 2. The van der Waals surface area contributed by atoms with Crippen LogP contribution in [0.25, 0.3) is 0 Å². The second-order valence-electron chi connectivity index (χ2n) is 7.41. The molecule has 1 heterocycles. The van der Waals surface area contributed by atoms with Crippen molar-refractivity contribution in [1.82, 2.24) is 4.90 Å². The van der Waals surface area contributed by atoms with Crippen molar-refractivity contribution in [2.75, 3.05) is 16.8 Å². The van der Waals surface area contributed by atoms with Gasteiger partial charge in [-0.25, -0.2) is 4.79 Å². The van der Waals surface area contributed by atoms with Crippen LogP contribution >= 0.6 is 11.8 Å². The van der Waals surface area contributed by atoms with Gasteiger partial charge in [0, 0.05) is 11.7 Å². The van der Waals surface area contributed by atoms with Gasteiger partial charge in [0.05, 0.1) is 11.5 Å². The molecule has 146 valence electrons. The molecule has 1 aliphatic carbocycles. The van der Waals surface area contributed by atoms with Crippen LogP contribution in [0.1, 0.15) is 37.7 Å². The van der Waals surface area contributed by atoms with E-state index >= 15 is 0 Å². The Labute approximate surface area is 163 Å². The number of anilines is 1. The zero-order valence-corrected chi connectivity index (χ0v) is 16.3. The lowest BCUT2D eigenvalue weighted by Crippen LogP contribution is -2.47. The van der Waals surface area contributed by atoms with Crippen LogP contribution in [-0.2, 0) is 14.4 Å². The first kappa shape index (κ1) is 19.7. The molecule has 6 nitrogen and oxygen atoms in total. The lowest BCUT2D eigenvalue weighted by molar-refractivity contribution is -0.148. The molecule has 27 heavy (non-hydrogen) atoms. The highest BCUT2D eigenvalue weighted by Crippen LogP contribution is 2.40. The van der Waals surface area contributed by atoms with Crippen LogP contribution in [0.2, 0.25) is 0 Å². The molecule has 1 aliphatic heterocycles. The molecule has 1 aromatic rings. The molecule has 0 aromatic heterocycles. The molecule has 0 radical (unpaired) electrons. The number of aliphatic carboxylic acids is 1. The van der Waals surface area contributed by atoms with Crippen LogP contribution in [0.5, 0.6) is 0 Å². The third-order valence-corrected chi connectivity index (χ3v) is 6.37. The van der Waals surface area contributed by atoms with Crippen molar-refractivity contribution in [3.05, 3.63) is 29.8 Å². The molecule has 0 spiro atoms. The fourth-order valence-electron chi connectivity index (χ4n) is 4.18. The highest BCUT2D eigenvalue weighted by molar-refractivity contribution is 8.00. The summed E-state index contributed by atoms with van der Waals surface area (Å²) in [6, 6.07) is 6.86. The fourth-order valence-corrected chi connectivity index (χ4v) is 4.86. The molecule has 1 saturated heterocycles. The summed E-state index contributed by atoms with van der Waals surface area (Å²) < 4.78 is 0. The summed E-state index contributed by atoms with van der Waals surface area (Å²) in [7, 11) is 0. The van der Waals surface area contributed by atoms with Crippen molar-refractivity contribution in [3.8, 4) is 0 Å². The monoisotopic (exact) mass is 390 g/mol. The van der Waals surface area contributed by atoms with E-state index in [0.717, 1.165) is 36.9 Å². The molecule has 3 unspecified atom stereocenters. The number of amides is 2. The van der Waals surface area contributed by atoms with Crippen molar-refractivity contribution >= 4 is 35.2 Å². The SMILES string of the molecule is Cc1ccc(NC(=O)CSCC(=O)N2C(C(=O)O)CC3CCCCC32)cc1. The Morgan fingerprint density at radius 1 is 1.15 bits per heavy atom. The van der Waals surface area contributed by atoms with Gasteiger partial charge in [-0.3, -0.25) is 9.59 Å². The minimum Gasteiger partial charge on any atom is -0.480 e. The third-order valence-electron chi connectivity index (χ3n) is 5.46. The predicted molar refractivity (Wildman–Crippen MR) is 106 cm³/mol. The number of aryl methyl sites for hydroxylation is 1. The summed E-state index contributed by atoms with van der Waals surface area (Å²) >= 11 is 1.24. The smallest absolute Gasteiger partial charge is 0.326 e. The molecular weight excluding hydrogens is 364 g/mol. The Kier molecular flexibility index (Phi) is 6.42. The number of likely N-dealkylation sites (tertiary alicyclic amines) is 1. The summed E-state index contributed by atoms with van der Waals surface area (Å²) in [5, 5.41) is 12.3. The van der Waals surface area contributed by atoms with Gasteiger partial charge < -0.3 is 15.3 Å². The van der Waals surface area contributed by atoms with E-state index in [1.807, 2.05) is 31.2 Å². The normalized spacial score (nSPS) is 24.3. The van der Waals surface area contributed by atoms with Gasteiger partial charge >= 0.3 is 5.97 Å². The summed E-state index contributed by atoms with van der Waals surface area (Å²) in [6.45, 7) is 1.98. The first-order valence-corrected chi connectivity index (χ1v) is 10.6. The van der Waals surface area contributed by atoms with Crippen LogP contribution in [0.3, 0.4) is 0 Å². The maximum Gasteiger partial charge on any atom is 0.326 e. The van der Waals surface area contributed by atoms with Crippen molar-refractivity contribution in [2.24, 2.45) is 5.92 Å². The number of benzene rings is 1. The standard InChI is InChI=1S/C20H26N2O4S/c1-13-6-8-15(9-7-13)21-18(23)11-27-12-19(24)22-16-5-3-2-4-14(16)10-17(22)20(25)26/h6-9,14,16-17H,2-5,10-12H2,1H3,(H,21,23)(H,25,26). The van der Waals surface area contributed by atoms with E-state index in [4.69, 9.17) is 0 Å². The average Bonchev–Trinajstić information content (AvgIpc) is 3.03. The summed E-state index contributed by atoms with van der Waals surface area (Å²) in [4.78, 5) is 38.0. The number of carboxylic acid groups (broad SMARTS) is 1. The minimum atomic E-state index is -0.917. The van der Waals surface area contributed by atoms with E-state index in [1.165, 1.54) is 11.8 Å². The second kappa shape index (κ2) is 8.78. The fraction of sp³-hybridized carbons (Fsp3) is 0.550. The molecule has 2 fully saturated rings. The molecular formula is C20H26N2O4S. The minimum absolute atomic E-state index is 0.0503. The summed E-state index contributed by atoms with van der Waals surface area (Å²) in [5.41, 5.74) is 1.85. The van der Waals surface area contributed by atoms with Gasteiger partial charge in [0.15, 0.2) is 0 Å². The zero-order valence-electron chi connectivity index (χ0n) is 15.5. The molecule has 2 amide bonds. The first-order chi connectivity index (χ1) is 13.0. The number of nitrogens with one attached hydrogen (secondary N) is 1. The number of fused-ring (bicyclic) bond motifs is 1. The van der Waals surface area contributed by atoms with Gasteiger partial charge in [-0.05, 0) is 44.2 Å². The molecule has 3 rings (SSSR count). The van der Waals surface area contributed by atoms with E-state index in [2.05, 4.69) is 5.32 Å². The number of thioether (sulfide) groups is 1. The topological polar surface area (TPSA) is 86.7 Å². The van der Waals surface area contributed by atoms with Crippen LogP contribution < -0.4 is 5.32 Å². The van der Waals surface area contributed by atoms with E-state index in [1.54, 1.807) is 4.90 Å². The van der Waals surface area contributed by atoms with Gasteiger partial charge in [0.25, 0.3) is 0 Å². The predicted octanol–water partition coefficient (Wildman–Crippen LogP) is 2.91. The van der Waals surface area contributed by atoms with Crippen molar-refractivity contribution < 1.29 is 19.5 Å². The van der Waals surface area contributed by atoms with E-state index < -0.39 is 12.0 Å².